The topological polar surface area (TPSA) is 99.7 Å². The van der Waals surface area contributed by atoms with Gasteiger partial charge in [-0.15, -0.1) is 22.6 Å². The smallest absolute Gasteiger partial charge is 0.179 e. The predicted molar refractivity (Wildman–Crippen MR) is 46.5 cm³/mol. The van der Waals surface area contributed by atoms with Gasteiger partial charge in [-0.25, -0.2) is 0 Å². The molecule has 11 heavy (non-hydrogen) atoms. The van der Waals surface area contributed by atoms with E-state index in [0.29, 0.717) is 0 Å². The number of hydrogen-bond acceptors (Lipinski definition) is 5. The first kappa shape index (κ1) is 13.2. The molecule has 8 heteroatoms. The van der Waals surface area contributed by atoms with E-state index in [0.717, 1.165) is 0 Å². The molecule has 5 nitrogen and oxygen atoms in total. The molecule has 1 aromatic rings. The SMILES string of the molecule is Cl.N.Nc1c(Cl)nnnc1Cl. The van der Waals surface area contributed by atoms with Crippen molar-refractivity contribution in [1.82, 2.24) is 21.6 Å². The standard InChI is InChI=1S/C3H2Cl2N4.ClH.H3N/c4-2-1(6)3(5)8-9-7-2;;/h(H2,6,9);1H;1H3. The molecular weight excluding hydrogens is 212 g/mol. The highest BCUT2D eigenvalue weighted by Gasteiger charge is 2.02. The molecule has 0 amide bonds. The highest BCUT2D eigenvalue weighted by Crippen LogP contribution is 2.19. The third-order valence-corrected chi connectivity index (χ3v) is 1.27. The lowest BCUT2D eigenvalue weighted by Gasteiger charge is -1.92. The molecule has 0 aromatic carbocycles. The fourth-order valence-electron chi connectivity index (χ4n) is 0.294. The second-order valence-electron chi connectivity index (χ2n) is 1.28. The summed E-state index contributed by atoms with van der Waals surface area (Å²) >= 11 is 10.8. The van der Waals surface area contributed by atoms with Crippen molar-refractivity contribution in [3.8, 4) is 0 Å². The quantitative estimate of drug-likeness (QED) is 0.684. The number of aromatic nitrogens is 3. The van der Waals surface area contributed by atoms with Crippen molar-refractivity contribution in [2.75, 3.05) is 5.73 Å². The van der Waals surface area contributed by atoms with Gasteiger partial charge in [0.15, 0.2) is 10.3 Å². The van der Waals surface area contributed by atoms with E-state index in [1.807, 2.05) is 0 Å². The van der Waals surface area contributed by atoms with Crippen LogP contribution in [0.1, 0.15) is 0 Å². The number of rotatable bonds is 0. The van der Waals surface area contributed by atoms with E-state index in [4.69, 9.17) is 28.9 Å². The van der Waals surface area contributed by atoms with Crippen LogP contribution in [0.4, 0.5) is 5.69 Å². The van der Waals surface area contributed by atoms with Gasteiger partial charge in [0.2, 0.25) is 0 Å². The summed E-state index contributed by atoms with van der Waals surface area (Å²) in [6.07, 6.45) is 0. The summed E-state index contributed by atoms with van der Waals surface area (Å²) in [5.41, 5.74) is 5.41. The van der Waals surface area contributed by atoms with E-state index < -0.39 is 0 Å². The van der Waals surface area contributed by atoms with Crippen LogP contribution in [0.3, 0.4) is 0 Å². The molecule has 0 bridgehead atoms. The molecule has 0 aliphatic carbocycles. The van der Waals surface area contributed by atoms with Crippen molar-refractivity contribution in [1.29, 1.82) is 0 Å². The zero-order chi connectivity index (χ0) is 6.85. The van der Waals surface area contributed by atoms with E-state index in [9.17, 15) is 0 Å². The fraction of sp³-hybridized carbons (Fsp3) is 0. The van der Waals surface area contributed by atoms with Crippen LogP contribution in [0.25, 0.3) is 0 Å². The van der Waals surface area contributed by atoms with Crippen molar-refractivity contribution in [2.24, 2.45) is 0 Å². The van der Waals surface area contributed by atoms with Crippen molar-refractivity contribution in [3.63, 3.8) is 0 Å². The van der Waals surface area contributed by atoms with Gasteiger partial charge in [-0.3, -0.25) is 0 Å². The van der Waals surface area contributed by atoms with Crippen LogP contribution >= 0.6 is 35.6 Å². The van der Waals surface area contributed by atoms with E-state index >= 15 is 0 Å². The number of nitrogens with zero attached hydrogens (tertiary/aromatic N) is 3. The third-order valence-electron chi connectivity index (χ3n) is 0.710. The molecule has 0 aliphatic heterocycles. The average Bonchev–Trinajstić information content (AvgIpc) is 1.83. The van der Waals surface area contributed by atoms with Crippen molar-refractivity contribution >= 4 is 41.3 Å². The molecule has 1 aromatic heterocycles. The number of nitrogens with two attached hydrogens (primary N) is 1. The fourth-order valence-corrected chi connectivity index (χ4v) is 0.589. The highest BCUT2D eigenvalue weighted by molar-refractivity contribution is 6.37. The first-order valence-corrected chi connectivity index (χ1v) is 2.77. The monoisotopic (exact) mass is 217 g/mol. The molecule has 0 radical (unpaired) electrons. The number of hydrogen-bond donors (Lipinski definition) is 2. The van der Waals surface area contributed by atoms with Crippen LogP contribution in [-0.2, 0) is 0 Å². The number of nitrogen functional groups attached to an aromatic ring is 1. The molecule has 0 unspecified atom stereocenters. The second kappa shape index (κ2) is 5.31. The van der Waals surface area contributed by atoms with Gasteiger partial charge in [-0.1, -0.05) is 23.2 Å². The lowest BCUT2D eigenvalue weighted by molar-refractivity contribution is 0.869. The molecule has 0 atom stereocenters. The molecular formula is C3H6Cl3N5. The summed E-state index contributed by atoms with van der Waals surface area (Å²) < 4.78 is 0. The van der Waals surface area contributed by atoms with E-state index in [1.54, 1.807) is 0 Å². The Kier molecular flexibility index (Phi) is 6.40. The first-order valence-electron chi connectivity index (χ1n) is 2.01. The van der Waals surface area contributed by atoms with E-state index in [1.165, 1.54) is 0 Å². The van der Waals surface area contributed by atoms with Gasteiger partial charge in [0, 0.05) is 0 Å². The molecule has 0 spiro atoms. The van der Waals surface area contributed by atoms with Crippen LogP contribution in [0.15, 0.2) is 0 Å². The van der Waals surface area contributed by atoms with Gasteiger partial charge in [0.25, 0.3) is 0 Å². The minimum atomic E-state index is 0. The number of halogens is 3. The summed E-state index contributed by atoms with van der Waals surface area (Å²) in [5, 5.41) is 10.0. The zero-order valence-corrected chi connectivity index (χ0v) is 7.62. The van der Waals surface area contributed by atoms with Crippen LogP contribution in [0.2, 0.25) is 10.3 Å². The predicted octanol–water partition coefficient (Wildman–Crippen LogP) is 1.34. The minimum absolute atomic E-state index is 0. The van der Waals surface area contributed by atoms with E-state index in [-0.39, 0.29) is 34.6 Å². The van der Waals surface area contributed by atoms with Gasteiger partial charge in [-0.2, -0.15) is 0 Å². The Hall–Kier alpha value is -0.360. The van der Waals surface area contributed by atoms with Gasteiger partial charge in [0.1, 0.15) is 5.69 Å². The third kappa shape index (κ3) is 3.02. The zero-order valence-electron chi connectivity index (χ0n) is 5.29. The average molecular weight is 218 g/mol. The summed E-state index contributed by atoms with van der Waals surface area (Å²) in [4.78, 5) is 0. The maximum absolute atomic E-state index is 5.39. The highest BCUT2D eigenvalue weighted by atomic mass is 35.5. The van der Waals surface area contributed by atoms with Gasteiger partial charge in [0.05, 0.1) is 0 Å². The Morgan fingerprint density at radius 2 is 1.45 bits per heavy atom. The van der Waals surface area contributed by atoms with Crippen LogP contribution in [-0.4, -0.2) is 15.4 Å². The van der Waals surface area contributed by atoms with Crippen molar-refractivity contribution < 1.29 is 0 Å². The van der Waals surface area contributed by atoms with E-state index in [2.05, 4.69) is 15.4 Å². The Balaban J connectivity index is 0. The van der Waals surface area contributed by atoms with Gasteiger partial charge >= 0.3 is 0 Å². The Bertz CT molecular complexity index is 208. The summed E-state index contributed by atoms with van der Waals surface area (Å²) in [7, 11) is 0. The Labute approximate surface area is 79.3 Å². The molecule has 64 valence electrons. The van der Waals surface area contributed by atoms with Crippen molar-refractivity contribution in [2.45, 2.75) is 0 Å². The maximum atomic E-state index is 5.39. The molecule has 1 rings (SSSR count). The maximum Gasteiger partial charge on any atom is 0.179 e. The van der Waals surface area contributed by atoms with Crippen molar-refractivity contribution in [3.05, 3.63) is 10.3 Å². The lowest BCUT2D eigenvalue weighted by atomic mass is 10.6. The first-order chi connectivity index (χ1) is 4.22. The molecule has 1 heterocycles. The lowest BCUT2D eigenvalue weighted by Crippen LogP contribution is -1.95. The van der Waals surface area contributed by atoms with Gasteiger partial charge < -0.3 is 11.9 Å². The molecule has 0 saturated carbocycles. The van der Waals surface area contributed by atoms with Crippen LogP contribution in [0, 0.1) is 0 Å². The normalized spacial score (nSPS) is 7.82. The summed E-state index contributed by atoms with van der Waals surface area (Å²) in [6.45, 7) is 0. The minimum Gasteiger partial charge on any atom is -0.394 e. The molecule has 0 fully saturated rings. The van der Waals surface area contributed by atoms with Gasteiger partial charge in [-0.05, 0) is 5.21 Å². The second-order valence-corrected chi connectivity index (χ2v) is 2.00. The Morgan fingerprint density at radius 1 is 1.09 bits per heavy atom. The molecule has 0 saturated heterocycles. The molecule has 0 aliphatic rings. The number of anilines is 1. The van der Waals surface area contributed by atoms with Crippen LogP contribution in [0.5, 0.6) is 0 Å². The Morgan fingerprint density at radius 3 is 1.73 bits per heavy atom. The molecule has 5 N–H and O–H groups in total. The van der Waals surface area contributed by atoms with Crippen LogP contribution < -0.4 is 11.9 Å². The largest absolute Gasteiger partial charge is 0.394 e. The summed E-state index contributed by atoms with van der Waals surface area (Å²) in [5.74, 6) is 0. The summed E-state index contributed by atoms with van der Waals surface area (Å²) in [6, 6.07) is 0.